The third-order valence-electron chi connectivity index (χ3n) is 1.97. The van der Waals surface area contributed by atoms with Crippen molar-refractivity contribution in [2.45, 2.75) is 37.8 Å². The van der Waals surface area contributed by atoms with Gasteiger partial charge in [-0.1, -0.05) is 13.8 Å². The van der Waals surface area contributed by atoms with Gasteiger partial charge in [0.25, 0.3) is 0 Å². The van der Waals surface area contributed by atoms with Gasteiger partial charge in [0.15, 0.2) is 6.10 Å². The van der Waals surface area contributed by atoms with Gasteiger partial charge in [-0.05, 0) is 0 Å². The largest absolute Gasteiger partial charge is 0.415 e. The standard InChI is InChI=1S/C10H14F3NOS2/c1-6(2)9-14-7(4-17-9)3-16-5-8(15)10(11,12)13/h4,6,8,15H,3,5H2,1-2H3/t8-/m0/s1. The van der Waals surface area contributed by atoms with Crippen LogP contribution in [0.4, 0.5) is 13.2 Å². The molecule has 0 bridgehead atoms. The molecule has 0 aliphatic carbocycles. The molecule has 1 rings (SSSR count). The lowest BCUT2D eigenvalue weighted by Gasteiger charge is -2.13. The number of alkyl halides is 3. The lowest BCUT2D eigenvalue weighted by Crippen LogP contribution is -2.30. The van der Waals surface area contributed by atoms with Crippen LogP contribution in [0.25, 0.3) is 0 Å². The molecule has 1 aromatic rings. The Morgan fingerprint density at radius 3 is 2.59 bits per heavy atom. The van der Waals surface area contributed by atoms with Crippen LogP contribution in [-0.2, 0) is 5.75 Å². The minimum atomic E-state index is -4.53. The number of thiazole rings is 1. The Morgan fingerprint density at radius 1 is 1.47 bits per heavy atom. The first-order valence-electron chi connectivity index (χ1n) is 5.07. The zero-order valence-corrected chi connectivity index (χ0v) is 11.1. The SMILES string of the molecule is CC(C)c1nc(CSC[C@H](O)C(F)(F)F)cs1. The molecule has 1 heterocycles. The number of halogens is 3. The lowest BCUT2D eigenvalue weighted by atomic mass is 10.2. The highest BCUT2D eigenvalue weighted by molar-refractivity contribution is 7.98. The molecule has 0 amide bonds. The highest BCUT2D eigenvalue weighted by Gasteiger charge is 2.37. The Bertz CT molecular complexity index is 352. The van der Waals surface area contributed by atoms with Crippen molar-refractivity contribution in [1.82, 2.24) is 4.98 Å². The van der Waals surface area contributed by atoms with Gasteiger partial charge >= 0.3 is 6.18 Å². The monoisotopic (exact) mass is 285 g/mol. The van der Waals surface area contributed by atoms with Crippen molar-refractivity contribution in [2.24, 2.45) is 0 Å². The van der Waals surface area contributed by atoms with Gasteiger partial charge in [-0.3, -0.25) is 0 Å². The number of hydrogen-bond donors (Lipinski definition) is 1. The highest BCUT2D eigenvalue weighted by Crippen LogP contribution is 2.26. The Labute approximate surface area is 106 Å². The van der Waals surface area contributed by atoms with E-state index in [4.69, 9.17) is 5.11 Å². The van der Waals surface area contributed by atoms with Crippen LogP contribution in [0.5, 0.6) is 0 Å². The summed E-state index contributed by atoms with van der Waals surface area (Å²) >= 11 is 2.55. The summed E-state index contributed by atoms with van der Waals surface area (Å²) in [6, 6.07) is 0. The summed E-state index contributed by atoms with van der Waals surface area (Å²) in [7, 11) is 0. The van der Waals surface area contributed by atoms with E-state index in [-0.39, 0.29) is 5.75 Å². The minimum absolute atomic E-state index is 0.333. The van der Waals surface area contributed by atoms with Crippen molar-refractivity contribution in [3.63, 3.8) is 0 Å². The summed E-state index contributed by atoms with van der Waals surface area (Å²) in [5, 5.41) is 11.6. The van der Waals surface area contributed by atoms with Crippen LogP contribution in [0.1, 0.15) is 30.5 Å². The first kappa shape index (κ1) is 14.8. The molecule has 98 valence electrons. The number of aromatic nitrogens is 1. The maximum atomic E-state index is 12.0. The lowest BCUT2D eigenvalue weighted by molar-refractivity contribution is -0.195. The second kappa shape index (κ2) is 6.06. The summed E-state index contributed by atoms with van der Waals surface area (Å²) < 4.78 is 36.0. The molecule has 7 heteroatoms. The summed E-state index contributed by atoms with van der Waals surface area (Å²) in [4.78, 5) is 4.30. The maximum absolute atomic E-state index is 12.0. The summed E-state index contributed by atoms with van der Waals surface area (Å²) in [6.45, 7) is 4.03. The molecule has 1 aromatic heterocycles. The first-order valence-corrected chi connectivity index (χ1v) is 7.11. The number of nitrogens with zero attached hydrogens (tertiary/aromatic N) is 1. The predicted molar refractivity (Wildman–Crippen MR) is 64.4 cm³/mol. The topological polar surface area (TPSA) is 33.1 Å². The second-order valence-electron chi connectivity index (χ2n) is 3.90. The van der Waals surface area contributed by atoms with Crippen molar-refractivity contribution in [3.8, 4) is 0 Å². The fourth-order valence-corrected chi connectivity index (χ4v) is 2.85. The van der Waals surface area contributed by atoms with E-state index in [1.165, 1.54) is 11.3 Å². The zero-order valence-electron chi connectivity index (χ0n) is 9.49. The molecule has 2 nitrogen and oxygen atoms in total. The maximum Gasteiger partial charge on any atom is 0.415 e. The van der Waals surface area contributed by atoms with Crippen LogP contribution in [0.15, 0.2) is 5.38 Å². The predicted octanol–water partition coefficient (Wildman–Crippen LogP) is 3.42. The van der Waals surface area contributed by atoms with Crippen LogP contribution in [-0.4, -0.2) is 28.1 Å². The third kappa shape index (κ3) is 4.85. The van der Waals surface area contributed by atoms with Crippen molar-refractivity contribution in [3.05, 3.63) is 16.1 Å². The summed E-state index contributed by atoms with van der Waals surface area (Å²) in [5.74, 6) is 0.383. The number of rotatable bonds is 5. The van der Waals surface area contributed by atoms with Gasteiger partial charge in [0, 0.05) is 22.8 Å². The normalized spacial score (nSPS) is 14.3. The van der Waals surface area contributed by atoms with Gasteiger partial charge in [0.2, 0.25) is 0 Å². The molecule has 0 aromatic carbocycles. The van der Waals surface area contributed by atoms with E-state index in [1.807, 2.05) is 19.2 Å². The fourth-order valence-electron chi connectivity index (χ4n) is 1.02. The van der Waals surface area contributed by atoms with E-state index in [1.54, 1.807) is 0 Å². The van der Waals surface area contributed by atoms with Crippen LogP contribution < -0.4 is 0 Å². The molecule has 0 spiro atoms. The minimum Gasteiger partial charge on any atom is -0.383 e. The number of hydrogen-bond acceptors (Lipinski definition) is 4. The van der Waals surface area contributed by atoms with Crippen molar-refractivity contribution >= 4 is 23.1 Å². The number of aliphatic hydroxyl groups is 1. The van der Waals surface area contributed by atoms with Crippen molar-refractivity contribution in [1.29, 1.82) is 0 Å². The first-order chi connectivity index (χ1) is 7.80. The molecular formula is C10H14F3NOS2. The summed E-state index contributed by atoms with van der Waals surface area (Å²) in [5.41, 5.74) is 0.776. The number of thioether (sulfide) groups is 1. The average Bonchev–Trinajstić information content (AvgIpc) is 2.64. The number of aliphatic hydroxyl groups excluding tert-OH is 1. The van der Waals surface area contributed by atoms with E-state index >= 15 is 0 Å². The van der Waals surface area contributed by atoms with Crippen LogP contribution in [0, 0.1) is 0 Å². The molecule has 0 saturated heterocycles. The molecular weight excluding hydrogens is 271 g/mol. The Kier molecular flexibility index (Phi) is 5.27. The molecule has 0 radical (unpaired) electrons. The fraction of sp³-hybridized carbons (Fsp3) is 0.700. The molecule has 0 aliphatic heterocycles. The van der Waals surface area contributed by atoms with Gasteiger partial charge in [-0.15, -0.1) is 11.3 Å². The van der Waals surface area contributed by atoms with Crippen molar-refractivity contribution in [2.75, 3.05) is 5.75 Å². The smallest absolute Gasteiger partial charge is 0.383 e. The second-order valence-corrected chi connectivity index (χ2v) is 5.82. The van der Waals surface area contributed by atoms with Gasteiger partial charge < -0.3 is 5.11 Å². The van der Waals surface area contributed by atoms with E-state index in [2.05, 4.69) is 4.98 Å². The molecule has 1 N–H and O–H groups in total. The zero-order chi connectivity index (χ0) is 13.1. The van der Waals surface area contributed by atoms with E-state index in [9.17, 15) is 13.2 Å². The van der Waals surface area contributed by atoms with Crippen LogP contribution in [0.3, 0.4) is 0 Å². The third-order valence-corrected chi connectivity index (χ3v) is 4.21. The Morgan fingerprint density at radius 2 is 2.12 bits per heavy atom. The molecule has 17 heavy (non-hydrogen) atoms. The Hall–Kier alpha value is -0.270. The van der Waals surface area contributed by atoms with Crippen LogP contribution >= 0.6 is 23.1 Å². The van der Waals surface area contributed by atoms with Gasteiger partial charge in [-0.25, -0.2) is 4.98 Å². The van der Waals surface area contributed by atoms with Gasteiger partial charge in [0.05, 0.1) is 10.7 Å². The molecule has 0 fully saturated rings. The van der Waals surface area contributed by atoms with Gasteiger partial charge in [0.1, 0.15) is 0 Å². The van der Waals surface area contributed by atoms with E-state index in [0.717, 1.165) is 22.5 Å². The average molecular weight is 285 g/mol. The highest BCUT2D eigenvalue weighted by atomic mass is 32.2. The van der Waals surface area contributed by atoms with Crippen molar-refractivity contribution < 1.29 is 18.3 Å². The molecule has 0 aliphatic rings. The summed E-state index contributed by atoms with van der Waals surface area (Å²) in [6.07, 6.45) is -6.78. The molecule has 0 saturated carbocycles. The Balaban J connectivity index is 2.36. The van der Waals surface area contributed by atoms with Crippen LogP contribution in [0.2, 0.25) is 0 Å². The quantitative estimate of drug-likeness (QED) is 0.900. The molecule has 1 atom stereocenters. The van der Waals surface area contributed by atoms with E-state index < -0.39 is 12.3 Å². The molecule has 0 unspecified atom stereocenters. The van der Waals surface area contributed by atoms with E-state index in [0.29, 0.717) is 11.7 Å². The van der Waals surface area contributed by atoms with Gasteiger partial charge in [-0.2, -0.15) is 24.9 Å².